The van der Waals surface area contributed by atoms with Crippen molar-refractivity contribution >= 4 is 5.84 Å². The first-order chi connectivity index (χ1) is 6.19. The zero-order chi connectivity index (χ0) is 9.84. The Morgan fingerprint density at radius 2 is 2.08 bits per heavy atom. The van der Waals surface area contributed by atoms with Gasteiger partial charge in [-0.25, -0.2) is 14.6 Å². The van der Waals surface area contributed by atoms with Gasteiger partial charge in [0.15, 0.2) is 11.6 Å². The van der Waals surface area contributed by atoms with Gasteiger partial charge in [-0.2, -0.15) is 0 Å². The van der Waals surface area contributed by atoms with Gasteiger partial charge in [0.1, 0.15) is 5.84 Å². The summed E-state index contributed by atoms with van der Waals surface area (Å²) in [7, 11) is 1.50. The second kappa shape index (κ2) is 3.95. The van der Waals surface area contributed by atoms with Crippen LogP contribution in [0.2, 0.25) is 0 Å². The van der Waals surface area contributed by atoms with E-state index in [-0.39, 0.29) is 0 Å². The van der Waals surface area contributed by atoms with Crippen LogP contribution >= 0.6 is 0 Å². The second-order valence-electron chi connectivity index (χ2n) is 2.35. The Hall–Kier alpha value is -1.49. The molecule has 1 rings (SSSR count). The molecule has 3 N–H and O–H groups in total. The fourth-order valence-corrected chi connectivity index (χ4v) is 0.920. The fraction of sp³-hybridized carbons (Fsp3) is 0.125. The van der Waals surface area contributed by atoms with Crippen LogP contribution in [0.3, 0.4) is 0 Å². The van der Waals surface area contributed by atoms with E-state index in [0.717, 1.165) is 12.1 Å². The number of amidine groups is 1. The lowest BCUT2D eigenvalue weighted by Gasteiger charge is -2.04. The number of hydrazine groups is 1. The van der Waals surface area contributed by atoms with Crippen LogP contribution in [0.15, 0.2) is 23.2 Å². The largest absolute Gasteiger partial charge is 0.308 e. The lowest BCUT2D eigenvalue weighted by molar-refractivity contribution is 0.508. The Labute approximate surface area is 74.2 Å². The summed E-state index contributed by atoms with van der Waals surface area (Å²) in [5, 5.41) is 0. The quantitative estimate of drug-likeness (QED) is 0.294. The Morgan fingerprint density at radius 1 is 1.38 bits per heavy atom. The maximum Gasteiger partial charge on any atom is 0.159 e. The summed E-state index contributed by atoms with van der Waals surface area (Å²) >= 11 is 0. The number of nitrogens with zero attached hydrogens (tertiary/aromatic N) is 1. The molecule has 3 nitrogen and oxygen atoms in total. The summed E-state index contributed by atoms with van der Waals surface area (Å²) in [5.74, 6) is 3.60. The first-order valence-electron chi connectivity index (χ1n) is 3.58. The van der Waals surface area contributed by atoms with Crippen LogP contribution in [0.4, 0.5) is 8.78 Å². The van der Waals surface area contributed by atoms with Gasteiger partial charge in [0.2, 0.25) is 0 Å². The number of nitrogens with two attached hydrogens (primary N) is 1. The minimum atomic E-state index is -0.922. The highest BCUT2D eigenvalue weighted by atomic mass is 19.2. The number of nitrogens with one attached hydrogen (secondary N) is 1. The molecule has 0 saturated carbocycles. The molecule has 0 aliphatic carbocycles. The summed E-state index contributed by atoms with van der Waals surface area (Å²) in [6.45, 7) is 0. The van der Waals surface area contributed by atoms with Crippen molar-refractivity contribution < 1.29 is 8.78 Å². The number of halogens is 2. The van der Waals surface area contributed by atoms with Crippen LogP contribution in [-0.4, -0.2) is 12.9 Å². The van der Waals surface area contributed by atoms with Crippen LogP contribution in [0.1, 0.15) is 5.56 Å². The maximum atomic E-state index is 12.7. The molecule has 1 aromatic rings. The average molecular weight is 185 g/mol. The molecular formula is C8H9F2N3. The van der Waals surface area contributed by atoms with Crippen molar-refractivity contribution in [2.75, 3.05) is 7.05 Å². The fourth-order valence-electron chi connectivity index (χ4n) is 0.920. The summed E-state index contributed by atoms with van der Waals surface area (Å²) < 4.78 is 25.2. The number of hydrogen-bond donors (Lipinski definition) is 2. The van der Waals surface area contributed by atoms with Crippen LogP contribution < -0.4 is 11.3 Å². The first kappa shape index (κ1) is 9.60. The lowest BCUT2D eigenvalue weighted by atomic mass is 10.2. The summed E-state index contributed by atoms with van der Waals surface area (Å²) in [4.78, 5) is 3.74. The smallest absolute Gasteiger partial charge is 0.159 e. The number of aliphatic imine (C=N–C) groups is 1. The molecule has 0 saturated heterocycles. The van der Waals surface area contributed by atoms with Gasteiger partial charge in [-0.1, -0.05) is 0 Å². The first-order valence-corrected chi connectivity index (χ1v) is 3.58. The van der Waals surface area contributed by atoms with Crippen molar-refractivity contribution in [1.29, 1.82) is 0 Å². The molecule has 1 aromatic carbocycles. The van der Waals surface area contributed by atoms with Gasteiger partial charge in [-0.3, -0.25) is 4.99 Å². The molecule has 0 aliphatic heterocycles. The van der Waals surface area contributed by atoms with Crippen LogP contribution in [0.5, 0.6) is 0 Å². The molecule has 70 valence electrons. The number of hydrogen-bond acceptors (Lipinski definition) is 2. The third-order valence-electron chi connectivity index (χ3n) is 1.55. The molecule has 13 heavy (non-hydrogen) atoms. The van der Waals surface area contributed by atoms with Crippen molar-refractivity contribution in [3.05, 3.63) is 35.4 Å². The SMILES string of the molecule is CN=C(NN)c1ccc(F)c(F)c1. The number of benzene rings is 1. The number of rotatable bonds is 1. The molecule has 0 atom stereocenters. The van der Waals surface area contributed by atoms with E-state index in [0.29, 0.717) is 11.4 Å². The van der Waals surface area contributed by atoms with E-state index in [1.807, 2.05) is 0 Å². The van der Waals surface area contributed by atoms with E-state index in [4.69, 9.17) is 5.84 Å². The molecule has 0 heterocycles. The van der Waals surface area contributed by atoms with Gasteiger partial charge in [-0.15, -0.1) is 0 Å². The van der Waals surface area contributed by atoms with E-state index in [1.54, 1.807) is 0 Å². The van der Waals surface area contributed by atoms with Gasteiger partial charge < -0.3 is 5.43 Å². The standard InChI is InChI=1S/C8H9F2N3/c1-12-8(13-11)5-2-3-6(9)7(10)4-5/h2-4H,11H2,1H3,(H,12,13). The highest BCUT2D eigenvalue weighted by molar-refractivity contribution is 5.98. The van der Waals surface area contributed by atoms with E-state index in [2.05, 4.69) is 10.4 Å². The Balaban J connectivity index is 3.10. The van der Waals surface area contributed by atoms with Gasteiger partial charge in [0.05, 0.1) is 0 Å². The monoisotopic (exact) mass is 185 g/mol. The summed E-state index contributed by atoms with van der Waals surface area (Å²) in [6.07, 6.45) is 0. The van der Waals surface area contributed by atoms with Gasteiger partial charge in [0.25, 0.3) is 0 Å². The maximum absolute atomic E-state index is 12.7. The van der Waals surface area contributed by atoms with Crippen molar-refractivity contribution in [3.63, 3.8) is 0 Å². The molecule has 0 spiro atoms. The van der Waals surface area contributed by atoms with Gasteiger partial charge >= 0.3 is 0 Å². The Bertz CT molecular complexity index is 336. The molecule has 0 aliphatic rings. The van der Waals surface area contributed by atoms with Gasteiger partial charge in [0, 0.05) is 12.6 Å². The Kier molecular flexibility index (Phi) is 2.92. The molecule has 0 unspecified atom stereocenters. The highest BCUT2D eigenvalue weighted by Crippen LogP contribution is 2.08. The molecule has 0 bridgehead atoms. The van der Waals surface area contributed by atoms with Crippen LogP contribution in [-0.2, 0) is 0 Å². The Morgan fingerprint density at radius 3 is 2.54 bits per heavy atom. The minimum Gasteiger partial charge on any atom is -0.308 e. The predicted molar refractivity (Wildman–Crippen MR) is 46.1 cm³/mol. The molecule has 0 amide bonds. The zero-order valence-corrected chi connectivity index (χ0v) is 7.01. The predicted octanol–water partition coefficient (Wildman–Crippen LogP) is 0.805. The van der Waals surface area contributed by atoms with Crippen molar-refractivity contribution in [2.45, 2.75) is 0 Å². The highest BCUT2D eigenvalue weighted by Gasteiger charge is 2.05. The van der Waals surface area contributed by atoms with Crippen molar-refractivity contribution in [2.24, 2.45) is 10.8 Å². The molecule has 0 fully saturated rings. The normalized spacial score (nSPS) is 11.5. The molecule has 0 radical (unpaired) electrons. The summed E-state index contributed by atoms with van der Waals surface area (Å²) in [6, 6.07) is 3.44. The molecular weight excluding hydrogens is 176 g/mol. The average Bonchev–Trinajstić information content (AvgIpc) is 2.13. The van der Waals surface area contributed by atoms with E-state index < -0.39 is 11.6 Å². The van der Waals surface area contributed by atoms with Crippen molar-refractivity contribution in [3.8, 4) is 0 Å². The lowest BCUT2D eigenvalue weighted by Crippen LogP contribution is -2.31. The van der Waals surface area contributed by atoms with Gasteiger partial charge in [-0.05, 0) is 18.2 Å². The second-order valence-corrected chi connectivity index (χ2v) is 2.35. The third kappa shape index (κ3) is 2.00. The minimum absolute atomic E-state index is 0.305. The van der Waals surface area contributed by atoms with E-state index in [9.17, 15) is 8.78 Å². The molecule has 5 heteroatoms. The topological polar surface area (TPSA) is 50.4 Å². The van der Waals surface area contributed by atoms with Crippen LogP contribution in [0.25, 0.3) is 0 Å². The van der Waals surface area contributed by atoms with Crippen molar-refractivity contribution in [1.82, 2.24) is 5.43 Å². The van der Waals surface area contributed by atoms with Crippen LogP contribution in [0, 0.1) is 11.6 Å². The summed E-state index contributed by atoms with van der Waals surface area (Å²) in [5.41, 5.74) is 2.68. The van der Waals surface area contributed by atoms with E-state index in [1.165, 1.54) is 13.1 Å². The molecule has 0 aromatic heterocycles. The third-order valence-corrected chi connectivity index (χ3v) is 1.55. The zero-order valence-electron chi connectivity index (χ0n) is 7.01. The van der Waals surface area contributed by atoms with E-state index >= 15 is 0 Å².